The fraction of sp³-hybridized carbons (Fsp3) is 0.429. The van der Waals surface area contributed by atoms with Crippen LogP contribution in [0.4, 0.5) is 4.39 Å². The topological polar surface area (TPSA) is 88.9 Å². The predicted octanol–water partition coefficient (Wildman–Crippen LogP) is 4.61. The minimum atomic E-state index is -0.412. The number of H-pyrrole nitrogens is 1. The number of carbonyl (C=O) groups is 1. The number of imidazole rings is 1. The van der Waals surface area contributed by atoms with Gasteiger partial charge in [-0.3, -0.25) is 9.48 Å². The summed E-state index contributed by atoms with van der Waals surface area (Å²) >= 11 is 0. The summed E-state index contributed by atoms with van der Waals surface area (Å²) in [7, 11) is 1.85. The van der Waals surface area contributed by atoms with Crippen LogP contribution in [0.1, 0.15) is 45.6 Å². The predicted molar refractivity (Wildman–Crippen MR) is 138 cm³/mol. The van der Waals surface area contributed by atoms with Gasteiger partial charge in [0.05, 0.1) is 29.0 Å². The minimum Gasteiger partial charge on any atom is -0.369 e. The number of amides is 1. The molecule has 1 saturated heterocycles. The lowest BCUT2D eigenvalue weighted by molar-refractivity contribution is -0.158. The van der Waals surface area contributed by atoms with E-state index in [-0.39, 0.29) is 23.4 Å². The number of fused-ring (bicyclic) bond motifs is 1. The number of nitrogens with zero attached hydrogens (tertiary/aromatic N) is 5. The molecule has 6 rings (SSSR count). The van der Waals surface area contributed by atoms with Crippen molar-refractivity contribution >= 4 is 17.1 Å². The molecule has 0 radical (unpaired) electrons. The second kappa shape index (κ2) is 8.48. The Balaban J connectivity index is 1.21. The molecule has 0 atom stereocenters. The quantitative estimate of drug-likeness (QED) is 0.416. The first-order valence-corrected chi connectivity index (χ1v) is 12.7. The van der Waals surface area contributed by atoms with E-state index in [1.54, 1.807) is 23.1 Å². The largest absolute Gasteiger partial charge is 0.369 e. The van der Waals surface area contributed by atoms with Crippen molar-refractivity contribution in [2.24, 2.45) is 7.05 Å². The van der Waals surface area contributed by atoms with E-state index in [1.807, 2.05) is 57.1 Å². The zero-order valence-corrected chi connectivity index (χ0v) is 21.6. The lowest BCUT2D eigenvalue weighted by Crippen LogP contribution is -2.57. The molecule has 0 spiro atoms. The SMILES string of the molecule is Cn1cc(-c2nc3nccc(-c4ccc(C5(CC(=O)N6CC(OC(C)(C)C)C6)CC5)c(F)c4)c3[nH]2)cn1. The summed E-state index contributed by atoms with van der Waals surface area (Å²) in [6, 6.07) is 7.20. The maximum absolute atomic E-state index is 15.5. The summed E-state index contributed by atoms with van der Waals surface area (Å²) in [5, 5.41) is 4.21. The van der Waals surface area contributed by atoms with Gasteiger partial charge in [-0.15, -0.1) is 0 Å². The van der Waals surface area contributed by atoms with Crippen LogP contribution in [0.2, 0.25) is 0 Å². The van der Waals surface area contributed by atoms with Crippen LogP contribution < -0.4 is 0 Å². The molecule has 4 aromatic rings. The van der Waals surface area contributed by atoms with E-state index in [2.05, 4.69) is 20.1 Å². The zero-order chi connectivity index (χ0) is 25.9. The summed E-state index contributed by atoms with van der Waals surface area (Å²) in [4.78, 5) is 27.1. The van der Waals surface area contributed by atoms with Crippen LogP contribution >= 0.6 is 0 Å². The first kappa shape index (κ1) is 23.8. The van der Waals surface area contributed by atoms with E-state index in [9.17, 15) is 4.79 Å². The Morgan fingerprint density at radius 3 is 2.65 bits per heavy atom. The standard InChI is InChI=1S/C28H31FN6O2/c1-27(2,3)37-19-15-35(16-19)23(36)12-28(8-9-28)21-6-5-17(11-22(21)29)20-7-10-30-26-24(20)32-25(33-26)18-13-31-34(4)14-18/h5-7,10-11,13-14,19H,8-9,12,15-16H2,1-4H3,(H,30,32,33). The average Bonchev–Trinajstić information content (AvgIpc) is 3.22. The first-order valence-electron chi connectivity index (χ1n) is 12.7. The van der Waals surface area contributed by atoms with Gasteiger partial charge in [0, 0.05) is 49.9 Å². The van der Waals surface area contributed by atoms with Gasteiger partial charge in [-0.1, -0.05) is 12.1 Å². The van der Waals surface area contributed by atoms with Gasteiger partial charge < -0.3 is 14.6 Å². The smallest absolute Gasteiger partial charge is 0.223 e. The van der Waals surface area contributed by atoms with Crippen molar-refractivity contribution in [3.05, 3.63) is 54.2 Å². The number of hydrogen-bond acceptors (Lipinski definition) is 5. The van der Waals surface area contributed by atoms with Crippen LogP contribution in [0.3, 0.4) is 0 Å². The number of ether oxygens (including phenoxy) is 1. The molecule has 1 aliphatic heterocycles. The summed E-state index contributed by atoms with van der Waals surface area (Å²) < 4.78 is 23.2. The van der Waals surface area contributed by atoms with E-state index in [4.69, 9.17) is 4.74 Å². The fourth-order valence-electron chi connectivity index (χ4n) is 5.25. The van der Waals surface area contributed by atoms with E-state index in [0.717, 1.165) is 35.0 Å². The Bertz CT molecular complexity index is 1490. The van der Waals surface area contributed by atoms with Crippen LogP contribution in [0.25, 0.3) is 33.7 Å². The molecule has 8 nitrogen and oxygen atoms in total. The third kappa shape index (κ3) is 4.52. The van der Waals surface area contributed by atoms with Gasteiger partial charge in [0.2, 0.25) is 5.91 Å². The van der Waals surface area contributed by atoms with Crippen LogP contribution in [0, 0.1) is 5.82 Å². The number of pyridine rings is 1. The van der Waals surface area contributed by atoms with Gasteiger partial charge in [-0.25, -0.2) is 14.4 Å². The summed E-state index contributed by atoms with van der Waals surface area (Å²) in [6.07, 6.45) is 7.34. The molecule has 9 heteroatoms. The molecule has 0 unspecified atom stereocenters. The summed E-state index contributed by atoms with van der Waals surface area (Å²) in [6.45, 7) is 7.28. The number of benzene rings is 1. The molecule has 1 aromatic carbocycles. The monoisotopic (exact) mass is 502 g/mol. The van der Waals surface area contributed by atoms with Crippen molar-refractivity contribution in [2.75, 3.05) is 13.1 Å². The number of aromatic nitrogens is 5. The van der Waals surface area contributed by atoms with E-state index < -0.39 is 5.41 Å². The second-order valence-electron chi connectivity index (χ2n) is 11.3. The lowest BCUT2D eigenvalue weighted by Gasteiger charge is -2.42. The Morgan fingerprint density at radius 1 is 1.22 bits per heavy atom. The first-order chi connectivity index (χ1) is 17.6. The molecule has 1 N–H and O–H groups in total. The molecular formula is C28H31FN6O2. The van der Waals surface area contributed by atoms with Gasteiger partial charge in [0.1, 0.15) is 11.6 Å². The van der Waals surface area contributed by atoms with Crippen molar-refractivity contribution in [2.45, 2.75) is 57.2 Å². The Labute approximate surface area is 214 Å². The molecule has 2 aliphatic rings. The zero-order valence-electron chi connectivity index (χ0n) is 21.6. The third-order valence-electron chi connectivity index (χ3n) is 7.29. The molecule has 3 aromatic heterocycles. The van der Waals surface area contributed by atoms with Crippen molar-refractivity contribution in [3.8, 4) is 22.5 Å². The van der Waals surface area contributed by atoms with Crippen LogP contribution in [0.15, 0.2) is 42.9 Å². The molecule has 4 heterocycles. The number of aryl methyl sites for hydroxylation is 1. The Morgan fingerprint density at radius 2 is 2.00 bits per heavy atom. The van der Waals surface area contributed by atoms with Crippen molar-refractivity contribution in [3.63, 3.8) is 0 Å². The fourth-order valence-corrected chi connectivity index (χ4v) is 5.25. The van der Waals surface area contributed by atoms with Gasteiger partial charge in [-0.05, 0) is 56.9 Å². The van der Waals surface area contributed by atoms with Crippen LogP contribution in [0.5, 0.6) is 0 Å². The van der Waals surface area contributed by atoms with Crippen LogP contribution in [-0.2, 0) is 22.0 Å². The second-order valence-corrected chi connectivity index (χ2v) is 11.3. The van der Waals surface area contributed by atoms with E-state index in [0.29, 0.717) is 36.5 Å². The number of nitrogens with one attached hydrogen (secondary N) is 1. The summed E-state index contributed by atoms with van der Waals surface area (Å²) in [5.74, 6) is 0.458. The van der Waals surface area contributed by atoms with Gasteiger partial charge in [-0.2, -0.15) is 5.10 Å². The maximum atomic E-state index is 15.5. The number of carbonyl (C=O) groups excluding carboxylic acids is 1. The molecule has 192 valence electrons. The molecule has 37 heavy (non-hydrogen) atoms. The van der Waals surface area contributed by atoms with E-state index >= 15 is 4.39 Å². The molecule has 1 amide bonds. The normalized spacial score (nSPS) is 17.3. The highest BCUT2D eigenvalue weighted by molar-refractivity contribution is 5.91. The van der Waals surface area contributed by atoms with Gasteiger partial charge >= 0.3 is 0 Å². The molecule has 1 saturated carbocycles. The van der Waals surface area contributed by atoms with Crippen molar-refractivity contribution in [1.29, 1.82) is 0 Å². The number of likely N-dealkylation sites (tertiary alicyclic amines) is 1. The van der Waals surface area contributed by atoms with Gasteiger partial charge in [0.15, 0.2) is 5.65 Å². The third-order valence-corrected chi connectivity index (χ3v) is 7.29. The molecule has 0 bridgehead atoms. The number of rotatable bonds is 6. The highest BCUT2D eigenvalue weighted by atomic mass is 19.1. The minimum absolute atomic E-state index is 0.0750. The maximum Gasteiger partial charge on any atom is 0.223 e. The highest BCUT2D eigenvalue weighted by Crippen LogP contribution is 2.52. The number of halogens is 1. The van der Waals surface area contributed by atoms with Crippen LogP contribution in [-0.4, -0.2) is 60.3 Å². The average molecular weight is 503 g/mol. The van der Waals surface area contributed by atoms with Crippen molar-refractivity contribution < 1.29 is 13.9 Å². The lowest BCUT2D eigenvalue weighted by atomic mass is 9.89. The molecular weight excluding hydrogens is 471 g/mol. The summed E-state index contributed by atoms with van der Waals surface area (Å²) in [5.41, 5.74) is 3.71. The molecule has 1 aliphatic carbocycles. The van der Waals surface area contributed by atoms with Gasteiger partial charge in [0.25, 0.3) is 0 Å². The molecule has 2 fully saturated rings. The Hall–Kier alpha value is -3.59. The van der Waals surface area contributed by atoms with E-state index in [1.165, 1.54) is 0 Å². The number of aromatic amines is 1. The number of hydrogen-bond donors (Lipinski definition) is 1. The van der Waals surface area contributed by atoms with Crippen molar-refractivity contribution in [1.82, 2.24) is 29.6 Å². The highest BCUT2D eigenvalue weighted by Gasteiger charge is 2.49. The Kier molecular flexibility index (Phi) is 5.45.